The summed E-state index contributed by atoms with van der Waals surface area (Å²) in [6, 6.07) is 12.2. The molecule has 0 atom stereocenters. The van der Waals surface area contributed by atoms with Gasteiger partial charge in [0, 0.05) is 6.42 Å². The van der Waals surface area contributed by atoms with Crippen molar-refractivity contribution >= 4 is 18.0 Å². The summed E-state index contributed by atoms with van der Waals surface area (Å²) < 4.78 is 13.3. The molecule has 0 saturated heterocycles. The third-order valence-electron chi connectivity index (χ3n) is 4.57. The van der Waals surface area contributed by atoms with Gasteiger partial charge in [-0.15, -0.1) is 10.2 Å². The zero-order valence-corrected chi connectivity index (χ0v) is 18.3. The van der Waals surface area contributed by atoms with Crippen LogP contribution in [0.15, 0.2) is 46.7 Å². The third kappa shape index (κ3) is 4.98. The predicted molar refractivity (Wildman–Crippen MR) is 117 cm³/mol. The second-order valence-electron chi connectivity index (χ2n) is 6.64. The van der Waals surface area contributed by atoms with Gasteiger partial charge in [-0.05, 0) is 55.0 Å². The van der Waals surface area contributed by atoms with E-state index in [9.17, 15) is 0 Å². The van der Waals surface area contributed by atoms with E-state index in [2.05, 4.69) is 47.3 Å². The third-order valence-corrected chi connectivity index (χ3v) is 5.19. The summed E-state index contributed by atoms with van der Waals surface area (Å²) in [5.41, 5.74) is 4.51. The molecule has 0 amide bonds. The Bertz CT molecular complexity index is 993. The first-order valence-electron chi connectivity index (χ1n) is 9.45. The first kappa shape index (κ1) is 20.9. The highest BCUT2D eigenvalue weighted by Gasteiger charge is 2.10. The smallest absolute Gasteiger partial charge is 0.211 e. The van der Waals surface area contributed by atoms with Gasteiger partial charge in [-0.2, -0.15) is 9.78 Å². The summed E-state index contributed by atoms with van der Waals surface area (Å²) in [5.74, 6) is 2.20. The van der Waals surface area contributed by atoms with E-state index in [4.69, 9.17) is 9.47 Å². The van der Waals surface area contributed by atoms with Crippen molar-refractivity contribution in [2.24, 2.45) is 5.10 Å². The Kier molecular flexibility index (Phi) is 6.93. The summed E-state index contributed by atoms with van der Waals surface area (Å²) >= 11 is 1.51. The van der Waals surface area contributed by atoms with Crippen molar-refractivity contribution in [3.63, 3.8) is 0 Å². The Morgan fingerprint density at radius 3 is 2.66 bits per heavy atom. The molecular weight excluding hydrogens is 384 g/mol. The lowest BCUT2D eigenvalue weighted by Crippen LogP contribution is -2.01. The molecule has 0 bridgehead atoms. The van der Waals surface area contributed by atoms with Crippen LogP contribution in [0.3, 0.4) is 0 Å². The van der Waals surface area contributed by atoms with Gasteiger partial charge in [0.15, 0.2) is 17.3 Å². The van der Waals surface area contributed by atoms with E-state index in [1.165, 1.54) is 28.5 Å². The van der Waals surface area contributed by atoms with Gasteiger partial charge in [0.25, 0.3) is 0 Å². The molecule has 0 unspecified atom stereocenters. The van der Waals surface area contributed by atoms with Crippen molar-refractivity contribution in [3.05, 3.63) is 64.5 Å². The highest BCUT2D eigenvalue weighted by molar-refractivity contribution is 7.98. The van der Waals surface area contributed by atoms with E-state index < -0.39 is 0 Å². The molecule has 152 valence electrons. The quantitative estimate of drug-likeness (QED) is 0.400. The van der Waals surface area contributed by atoms with Crippen molar-refractivity contribution in [1.82, 2.24) is 14.9 Å². The van der Waals surface area contributed by atoms with Crippen LogP contribution in [0.5, 0.6) is 11.5 Å². The molecule has 0 saturated carbocycles. The average Bonchev–Trinajstić information content (AvgIpc) is 3.15. The van der Waals surface area contributed by atoms with Gasteiger partial charge in [0.1, 0.15) is 6.61 Å². The molecule has 29 heavy (non-hydrogen) atoms. The molecule has 0 aliphatic carbocycles. The first-order chi connectivity index (χ1) is 14.0. The molecule has 0 aliphatic rings. The molecule has 0 aliphatic heterocycles. The fourth-order valence-electron chi connectivity index (χ4n) is 2.88. The number of methoxy groups -OCH3 is 1. The van der Waals surface area contributed by atoms with Crippen LogP contribution in [0.4, 0.5) is 0 Å². The molecule has 0 fully saturated rings. The molecule has 6 nitrogen and oxygen atoms in total. The lowest BCUT2D eigenvalue weighted by molar-refractivity contribution is 0.284. The molecule has 3 rings (SSSR count). The van der Waals surface area contributed by atoms with Crippen molar-refractivity contribution in [2.75, 3.05) is 13.4 Å². The van der Waals surface area contributed by atoms with E-state index in [1.807, 2.05) is 31.4 Å². The summed E-state index contributed by atoms with van der Waals surface area (Å²) in [5, 5.41) is 13.6. The van der Waals surface area contributed by atoms with Gasteiger partial charge < -0.3 is 9.47 Å². The van der Waals surface area contributed by atoms with Gasteiger partial charge in [0.2, 0.25) is 5.16 Å². The number of hydrogen-bond donors (Lipinski definition) is 0. The molecule has 0 N–H and O–H groups in total. The molecule has 2 aromatic carbocycles. The molecule has 3 aromatic rings. The van der Waals surface area contributed by atoms with Gasteiger partial charge >= 0.3 is 0 Å². The second-order valence-corrected chi connectivity index (χ2v) is 7.42. The maximum Gasteiger partial charge on any atom is 0.211 e. The van der Waals surface area contributed by atoms with E-state index in [1.54, 1.807) is 18.0 Å². The number of aromatic nitrogens is 3. The second kappa shape index (κ2) is 9.60. The Morgan fingerprint density at radius 1 is 1.10 bits per heavy atom. The molecule has 0 spiro atoms. The van der Waals surface area contributed by atoms with Gasteiger partial charge in [0.05, 0.1) is 13.3 Å². The van der Waals surface area contributed by atoms with Crippen LogP contribution in [0.1, 0.15) is 35.0 Å². The highest BCUT2D eigenvalue weighted by atomic mass is 32.2. The fraction of sp³-hybridized carbons (Fsp3) is 0.318. The van der Waals surface area contributed by atoms with Crippen molar-refractivity contribution in [2.45, 2.75) is 39.0 Å². The summed E-state index contributed by atoms with van der Waals surface area (Å²) in [7, 11) is 1.64. The Labute approximate surface area is 176 Å². The van der Waals surface area contributed by atoms with Crippen molar-refractivity contribution in [1.29, 1.82) is 0 Å². The zero-order chi connectivity index (χ0) is 20.8. The minimum absolute atomic E-state index is 0.495. The number of benzene rings is 2. The van der Waals surface area contributed by atoms with Crippen molar-refractivity contribution < 1.29 is 9.47 Å². The fourth-order valence-corrected chi connectivity index (χ4v) is 3.33. The van der Waals surface area contributed by atoms with Crippen LogP contribution in [0.2, 0.25) is 0 Å². The molecule has 1 aromatic heterocycles. The Balaban J connectivity index is 1.78. The summed E-state index contributed by atoms with van der Waals surface area (Å²) in [6.07, 6.45) is 4.50. The predicted octanol–water partition coefficient (Wildman–Crippen LogP) is 4.65. The normalized spacial score (nSPS) is 11.2. The van der Waals surface area contributed by atoms with Gasteiger partial charge in [-0.3, -0.25) is 0 Å². The molecule has 1 heterocycles. The number of nitrogens with zero attached hydrogens (tertiary/aromatic N) is 4. The van der Waals surface area contributed by atoms with Gasteiger partial charge in [-0.1, -0.05) is 42.4 Å². The van der Waals surface area contributed by atoms with E-state index >= 15 is 0 Å². The van der Waals surface area contributed by atoms with Crippen LogP contribution in [-0.2, 0) is 13.0 Å². The maximum atomic E-state index is 6.03. The van der Waals surface area contributed by atoms with Crippen LogP contribution in [-0.4, -0.2) is 34.5 Å². The summed E-state index contributed by atoms with van der Waals surface area (Å²) in [6.45, 7) is 6.70. The lowest BCUT2D eigenvalue weighted by Gasteiger charge is -2.13. The van der Waals surface area contributed by atoms with Crippen LogP contribution in [0, 0.1) is 13.8 Å². The lowest BCUT2D eigenvalue weighted by atomic mass is 10.1. The molecule has 0 radical (unpaired) electrons. The highest BCUT2D eigenvalue weighted by Crippen LogP contribution is 2.29. The summed E-state index contributed by atoms with van der Waals surface area (Å²) in [4.78, 5) is 0. The minimum atomic E-state index is 0.495. The van der Waals surface area contributed by atoms with Crippen molar-refractivity contribution in [3.8, 4) is 11.5 Å². The topological polar surface area (TPSA) is 61.5 Å². The van der Waals surface area contributed by atoms with E-state index in [0.717, 1.165) is 23.0 Å². The molecular formula is C22H26N4O2S. The maximum absolute atomic E-state index is 6.03. The largest absolute Gasteiger partial charge is 0.493 e. The zero-order valence-electron chi connectivity index (χ0n) is 17.5. The average molecular weight is 411 g/mol. The van der Waals surface area contributed by atoms with Crippen LogP contribution in [0.25, 0.3) is 0 Å². The van der Waals surface area contributed by atoms with Crippen LogP contribution >= 0.6 is 11.8 Å². The Morgan fingerprint density at radius 2 is 1.93 bits per heavy atom. The van der Waals surface area contributed by atoms with Gasteiger partial charge in [-0.25, -0.2) is 0 Å². The standard InChI is InChI=1S/C22H26N4O2S/c1-6-21-24-25-22(29-5)26(21)23-13-17-9-10-19(20(12-17)27-4)28-14-18-11-15(2)7-8-16(18)3/h7-13H,6,14H2,1-5H3/b23-13-. The van der Waals surface area contributed by atoms with E-state index in [0.29, 0.717) is 18.1 Å². The van der Waals surface area contributed by atoms with Crippen LogP contribution < -0.4 is 9.47 Å². The number of aryl methyl sites for hydroxylation is 3. The Hall–Kier alpha value is -2.80. The number of thioether (sulfide) groups is 1. The monoisotopic (exact) mass is 410 g/mol. The minimum Gasteiger partial charge on any atom is -0.493 e. The van der Waals surface area contributed by atoms with E-state index in [-0.39, 0.29) is 0 Å². The first-order valence-corrected chi connectivity index (χ1v) is 10.7. The number of hydrogen-bond acceptors (Lipinski definition) is 6. The SMILES string of the molecule is CCc1nnc(SC)n1/N=C\c1ccc(OCc2cc(C)ccc2C)c(OC)c1. The number of rotatable bonds is 8. The number of ether oxygens (including phenoxy) is 2. The molecule has 7 heteroatoms.